The third kappa shape index (κ3) is 2.94. The monoisotopic (exact) mass is 266 g/mol. The lowest BCUT2D eigenvalue weighted by Crippen LogP contribution is -2.06. The minimum atomic E-state index is -0.514. The molecule has 104 valence electrons. The Labute approximate surface area is 121 Å². The molecule has 1 aliphatic carbocycles. The van der Waals surface area contributed by atoms with Crippen molar-refractivity contribution in [3.63, 3.8) is 0 Å². The predicted molar refractivity (Wildman–Crippen MR) is 82.8 cm³/mol. The smallest absolute Gasteiger partial charge is 0.104 e. The summed E-state index contributed by atoms with van der Waals surface area (Å²) < 4.78 is 0. The highest BCUT2D eigenvalue weighted by Crippen LogP contribution is 2.34. The summed E-state index contributed by atoms with van der Waals surface area (Å²) in [4.78, 5) is 0. The second kappa shape index (κ2) is 6.23. The summed E-state index contributed by atoms with van der Waals surface area (Å²) in [6.45, 7) is 0. The number of hydrogen-bond donors (Lipinski definition) is 1. The lowest BCUT2D eigenvalue weighted by molar-refractivity contribution is 0.220. The van der Waals surface area contributed by atoms with Gasteiger partial charge in [0.2, 0.25) is 0 Å². The van der Waals surface area contributed by atoms with E-state index in [1.807, 2.05) is 36.4 Å². The number of rotatable bonds is 3. The molecule has 1 N–H and O–H groups in total. The van der Waals surface area contributed by atoms with Gasteiger partial charge in [0.05, 0.1) is 0 Å². The molecule has 20 heavy (non-hydrogen) atoms. The van der Waals surface area contributed by atoms with Crippen LogP contribution in [0.5, 0.6) is 0 Å². The summed E-state index contributed by atoms with van der Waals surface area (Å²) in [6, 6.07) is 18.4. The van der Waals surface area contributed by atoms with Gasteiger partial charge in [0.15, 0.2) is 0 Å². The first kappa shape index (κ1) is 13.4. The molecule has 0 aromatic heterocycles. The number of hydrogen-bond acceptors (Lipinski definition) is 1. The van der Waals surface area contributed by atoms with Gasteiger partial charge in [-0.1, -0.05) is 73.9 Å². The van der Waals surface area contributed by atoms with Gasteiger partial charge in [0, 0.05) is 0 Å². The molecule has 1 unspecified atom stereocenters. The lowest BCUT2D eigenvalue weighted by atomic mass is 9.83. The van der Waals surface area contributed by atoms with Gasteiger partial charge in [-0.15, -0.1) is 0 Å². The van der Waals surface area contributed by atoms with Gasteiger partial charge in [-0.05, 0) is 35.4 Å². The maximum absolute atomic E-state index is 10.5. The normalized spacial score (nSPS) is 17.9. The van der Waals surface area contributed by atoms with Crippen LogP contribution < -0.4 is 0 Å². The Kier molecular flexibility index (Phi) is 4.17. The Morgan fingerprint density at radius 3 is 2.25 bits per heavy atom. The first-order valence-corrected chi connectivity index (χ1v) is 7.67. The van der Waals surface area contributed by atoms with E-state index in [4.69, 9.17) is 0 Å². The van der Waals surface area contributed by atoms with Crippen molar-refractivity contribution in [3.05, 3.63) is 71.3 Å². The minimum Gasteiger partial charge on any atom is -0.384 e. The second-order valence-electron chi connectivity index (χ2n) is 5.82. The number of benzene rings is 2. The molecule has 0 saturated heterocycles. The maximum atomic E-state index is 10.5. The van der Waals surface area contributed by atoms with Crippen molar-refractivity contribution in [2.24, 2.45) is 0 Å². The third-order valence-corrected chi connectivity index (χ3v) is 4.42. The summed E-state index contributed by atoms with van der Waals surface area (Å²) in [5, 5.41) is 10.5. The molecule has 3 rings (SSSR count). The van der Waals surface area contributed by atoms with Crippen molar-refractivity contribution in [3.8, 4) is 0 Å². The Bertz CT molecular complexity index is 541. The van der Waals surface area contributed by atoms with Crippen LogP contribution in [0.4, 0.5) is 0 Å². The molecule has 0 bridgehead atoms. The van der Waals surface area contributed by atoms with Crippen LogP contribution in [0.1, 0.15) is 60.8 Å². The van der Waals surface area contributed by atoms with Crippen molar-refractivity contribution < 1.29 is 5.11 Å². The quantitative estimate of drug-likeness (QED) is 0.844. The van der Waals surface area contributed by atoms with Crippen LogP contribution in [0.2, 0.25) is 0 Å². The summed E-state index contributed by atoms with van der Waals surface area (Å²) in [6.07, 6.45) is 6.14. The van der Waals surface area contributed by atoms with Crippen molar-refractivity contribution >= 4 is 0 Å². The molecule has 2 aromatic carbocycles. The number of aliphatic hydroxyl groups excluding tert-OH is 1. The fourth-order valence-corrected chi connectivity index (χ4v) is 3.25. The molecule has 1 saturated carbocycles. The SMILES string of the molecule is OC(c1ccccc1)c1cccc(C2CCCCC2)c1. The Hall–Kier alpha value is -1.60. The van der Waals surface area contributed by atoms with E-state index in [0.717, 1.165) is 11.1 Å². The summed E-state index contributed by atoms with van der Waals surface area (Å²) in [7, 11) is 0. The zero-order valence-corrected chi connectivity index (χ0v) is 11.8. The molecule has 0 spiro atoms. The minimum absolute atomic E-state index is 0.514. The predicted octanol–water partition coefficient (Wildman–Crippen LogP) is 4.82. The van der Waals surface area contributed by atoms with Gasteiger partial charge in [0.25, 0.3) is 0 Å². The van der Waals surface area contributed by atoms with Gasteiger partial charge >= 0.3 is 0 Å². The first-order chi connectivity index (χ1) is 9.84. The van der Waals surface area contributed by atoms with Crippen LogP contribution in [-0.4, -0.2) is 5.11 Å². The Morgan fingerprint density at radius 2 is 1.50 bits per heavy atom. The van der Waals surface area contributed by atoms with E-state index >= 15 is 0 Å². The molecule has 1 atom stereocenters. The summed E-state index contributed by atoms with van der Waals surface area (Å²) >= 11 is 0. The zero-order chi connectivity index (χ0) is 13.8. The maximum Gasteiger partial charge on any atom is 0.104 e. The fourth-order valence-electron chi connectivity index (χ4n) is 3.25. The molecule has 1 nitrogen and oxygen atoms in total. The van der Waals surface area contributed by atoms with Crippen molar-refractivity contribution in [2.75, 3.05) is 0 Å². The standard InChI is InChI=1S/C19H22O/c20-19(16-10-5-2-6-11-16)18-13-7-12-17(14-18)15-8-3-1-4-9-15/h2,5-7,10-15,19-20H,1,3-4,8-9H2. The Morgan fingerprint density at radius 1 is 0.800 bits per heavy atom. The van der Waals surface area contributed by atoms with Crippen LogP contribution in [0.15, 0.2) is 54.6 Å². The van der Waals surface area contributed by atoms with Crippen molar-refractivity contribution in [1.29, 1.82) is 0 Å². The molecule has 0 aliphatic heterocycles. The van der Waals surface area contributed by atoms with Gasteiger partial charge < -0.3 is 5.11 Å². The van der Waals surface area contributed by atoms with Crippen LogP contribution in [0.3, 0.4) is 0 Å². The molecule has 1 aliphatic rings. The van der Waals surface area contributed by atoms with Gasteiger partial charge in [-0.3, -0.25) is 0 Å². The highest BCUT2D eigenvalue weighted by molar-refractivity contribution is 5.34. The second-order valence-corrected chi connectivity index (χ2v) is 5.82. The zero-order valence-electron chi connectivity index (χ0n) is 11.8. The molecule has 0 amide bonds. The lowest BCUT2D eigenvalue weighted by Gasteiger charge is -2.23. The average Bonchev–Trinajstić information content (AvgIpc) is 2.56. The summed E-state index contributed by atoms with van der Waals surface area (Å²) in [5.41, 5.74) is 3.38. The van der Waals surface area contributed by atoms with E-state index in [2.05, 4.69) is 18.2 Å². The highest BCUT2D eigenvalue weighted by atomic mass is 16.3. The molecular weight excluding hydrogens is 244 g/mol. The van der Waals surface area contributed by atoms with Crippen LogP contribution in [0, 0.1) is 0 Å². The van der Waals surface area contributed by atoms with Crippen molar-refractivity contribution in [1.82, 2.24) is 0 Å². The van der Waals surface area contributed by atoms with E-state index < -0.39 is 6.10 Å². The molecule has 1 fully saturated rings. The summed E-state index contributed by atoms with van der Waals surface area (Å²) in [5.74, 6) is 0.687. The molecular formula is C19H22O. The van der Waals surface area contributed by atoms with Gasteiger partial charge in [0.1, 0.15) is 6.10 Å². The first-order valence-electron chi connectivity index (χ1n) is 7.67. The van der Waals surface area contributed by atoms with Crippen molar-refractivity contribution in [2.45, 2.75) is 44.1 Å². The molecule has 0 heterocycles. The number of aliphatic hydroxyl groups is 1. The Balaban J connectivity index is 1.83. The van der Waals surface area contributed by atoms with E-state index in [-0.39, 0.29) is 0 Å². The molecule has 1 heteroatoms. The van der Waals surface area contributed by atoms with Crippen LogP contribution in [-0.2, 0) is 0 Å². The molecule has 2 aromatic rings. The van der Waals surface area contributed by atoms with E-state index in [1.165, 1.54) is 37.7 Å². The highest BCUT2D eigenvalue weighted by Gasteiger charge is 2.17. The van der Waals surface area contributed by atoms with E-state index in [9.17, 15) is 5.11 Å². The van der Waals surface area contributed by atoms with E-state index in [0.29, 0.717) is 5.92 Å². The van der Waals surface area contributed by atoms with Gasteiger partial charge in [-0.2, -0.15) is 0 Å². The topological polar surface area (TPSA) is 20.2 Å². The largest absolute Gasteiger partial charge is 0.384 e. The molecule has 0 radical (unpaired) electrons. The van der Waals surface area contributed by atoms with Crippen LogP contribution in [0.25, 0.3) is 0 Å². The fraction of sp³-hybridized carbons (Fsp3) is 0.368. The van der Waals surface area contributed by atoms with E-state index in [1.54, 1.807) is 0 Å². The van der Waals surface area contributed by atoms with Gasteiger partial charge in [-0.25, -0.2) is 0 Å². The third-order valence-electron chi connectivity index (χ3n) is 4.42. The average molecular weight is 266 g/mol. The van der Waals surface area contributed by atoms with Crippen LogP contribution >= 0.6 is 0 Å².